The maximum Gasteiger partial charge on any atom is 0.393 e. The molecule has 0 radical (unpaired) electrons. The van der Waals surface area contributed by atoms with Crippen molar-refractivity contribution >= 4 is 5.97 Å². The molecule has 0 fully saturated rings. The molecule has 0 aliphatic rings. The van der Waals surface area contributed by atoms with Gasteiger partial charge in [0.05, 0.1) is 19.1 Å². The predicted molar refractivity (Wildman–Crippen MR) is 52.3 cm³/mol. The van der Waals surface area contributed by atoms with Crippen LogP contribution in [0.3, 0.4) is 0 Å². The van der Waals surface area contributed by atoms with E-state index in [-0.39, 0.29) is 11.1 Å². The summed E-state index contributed by atoms with van der Waals surface area (Å²) in [5, 5.41) is 0. The average Bonchev–Trinajstić information content (AvgIpc) is 2.18. The highest BCUT2D eigenvalue weighted by Gasteiger charge is 2.28. The molecule has 88 valence electrons. The molecule has 0 aromatic heterocycles. The molecule has 0 spiro atoms. The monoisotopic (exact) mass is 232 g/mol. The van der Waals surface area contributed by atoms with Gasteiger partial charge in [-0.3, -0.25) is 0 Å². The van der Waals surface area contributed by atoms with E-state index in [1.54, 1.807) is 0 Å². The minimum Gasteiger partial charge on any atom is -0.465 e. The van der Waals surface area contributed by atoms with Gasteiger partial charge in [-0.25, -0.2) is 4.79 Å². The number of aryl methyl sites for hydroxylation is 1. The van der Waals surface area contributed by atoms with Crippen molar-refractivity contribution in [3.8, 4) is 0 Å². The summed E-state index contributed by atoms with van der Waals surface area (Å²) in [7, 11) is 1.22. The normalized spacial score (nSPS) is 11.3. The van der Waals surface area contributed by atoms with Crippen molar-refractivity contribution in [3.05, 3.63) is 34.9 Å². The summed E-state index contributed by atoms with van der Waals surface area (Å²) < 4.78 is 40.9. The molecule has 0 saturated carbocycles. The number of esters is 1. The molecule has 0 atom stereocenters. The van der Waals surface area contributed by atoms with Crippen LogP contribution < -0.4 is 0 Å². The Morgan fingerprint density at radius 2 is 2.00 bits per heavy atom. The molecule has 0 saturated heterocycles. The summed E-state index contributed by atoms with van der Waals surface area (Å²) in [5.41, 5.74) is 0.853. The molecule has 0 aliphatic heterocycles. The maximum absolute atomic E-state index is 12.2. The average molecular weight is 232 g/mol. The summed E-state index contributed by atoms with van der Waals surface area (Å²) in [6.45, 7) is 1.54. The molecular weight excluding hydrogens is 221 g/mol. The number of hydrogen-bond donors (Lipinski definition) is 0. The lowest BCUT2D eigenvalue weighted by Gasteiger charge is -2.10. The van der Waals surface area contributed by atoms with Gasteiger partial charge in [-0.05, 0) is 30.2 Å². The third-order valence-electron chi connectivity index (χ3n) is 2.15. The Morgan fingerprint density at radius 1 is 1.38 bits per heavy atom. The first-order valence-electron chi connectivity index (χ1n) is 4.58. The number of benzene rings is 1. The molecule has 0 heterocycles. The van der Waals surface area contributed by atoms with Crippen LogP contribution in [0.2, 0.25) is 0 Å². The second-order valence-electron chi connectivity index (χ2n) is 3.42. The SMILES string of the molecule is COC(=O)c1ccc(CC(F)(F)F)c(C)c1. The summed E-state index contributed by atoms with van der Waals surface area (Å²) in [5.74, 6) is -0.554. The van der Waals surface area contributed by atoms with E-state index in [4.69, 9.17) is 0 Å². The smallest absolute Gasteiger partial charge is 0.393 e. The van der Waals surface area contributed by atoms with Crippen molar-refractivity contribution in [1.29, 1.82) is 0 Å². The summed E-state index contributed by atoms with van der Waals surface area (Å²) in [4.78, 5) is 11.1. The molecular formula is C11H11F3O2. The zero-order chi connectivity index (χ0) is 12.3. The third-order valence-corrected chi connectivity index (χ3v) is 2.15. The lowest BCUT2D eigenvalue weighted by molar-refractivity contribution is -0.127. The Hall–Kier alpha value is -1.52. The van der Waals surface area contributed by atoms with Crippen LogP contribution in [0, 0.1) is 6.92 Å². The van der Waals surface area contributed by atoms with Crippen molar-refractivity contribution in [3.63, 3.8) is 0 Å². The largest absolute Gasteiger partial charge is 0.465 e. The van der Waals surface area contributed by atoms with Crippen molar-refractivity contribution < 1.29 is 22.7 Å². The highest BCUT2D eigenvalue weighted by molar-refractivity contribution is 5.89. The molecule has 16 heavy (non-hydrogen) atoms. The van der Waals surface area contributed by atoms with Crippen LogP contribution in [0.25, 0.3) is 0 Å². The van der Waals surface area contributed by atoms with Gasteiger partial charge in [-0.2, -0.15) is 13.2 Å². The quantitative estimate of drug-likeness (QED) is 0.733. The Bertz CT molecular complexity index is 397. The zero-order valence-corrected chi connectivity index (χ0v) is 8.89. The van der Waals surface area contributed by atoms with Crippen molar-refractivity contribution in [2.45, 2.75) is 19.5 Å². The molecule has 2 nitrogen and oxygen atoms in total. The third kappa shape index (κ3) is 3.25. The van der Waals surface area contributed by atoms with Crippen LogP contribution in [0.1, 0.15) is 21.5 Å². The molecule has 0 bridgehead atoms. The van der Waals surface area contributed by atoms with E-state index in [9.17, 15) is 18.0 Å². The van der Waals surface area contributed by atoms with Crippen LogP contribution in [0.4, 0.5) is 13.2 Å². The van der Waals surface area contributed by atoms with E-state index in [1.165, 1.54) is 32.2 Å². The first kappa shape index (κ1) is 12.5. The number of methoxy groups -OCH3 is 1. The lowest BCUT2D eigenvalue weighted by Crippen LogP contribution is -2.13. The first-order valence-corrected chi connectivity index (χ1v) is 4.58. The fourth-order valence-corrected chi connectivity index (χ4v) is 1.35. The second-order valence-corrected chi connectivity index (χ2v) is 3.42. The number of ether oxygens (including phenoxy) is 1. The number of carbonyl (C=O) groups is 1. The van der Waals surface area contributed by atoms with Gasteiger partial charge in [-0.15, -0.1) is 0 Å². The Labute approximate surface area is 91.0 Å². The summed E-state index contributed by atoms with van der Waals surface area (Å²) in [6, 6.07) is 4.03. The van der Waals surface area contributed by atoms with Gasteiger partial charge in [0, 0.05) is 0 Å². The predicted octanol–water partition coefficient (Wildman–Crippen LogP) is 2.89. The van der Waals surface area contributed by atoms with Gasteiger partial charge in [-0.1, -0.05) is 6.07 Å². The molecule has 1 aromatic rings. The van der Waals surface area contributed by atoms with Gasteiger partial charge in [0.25, 0.3) is 0 Å². The van der Waals surface area contributed by atoms with Gasteiger partial charge in [0.2, 0.25) is 0 Å². The van der Waals surface area contributed by atoms with E-state index >= 15 is 0 Å². The van der Waals surface area contributed by atoms with Crippen LogP contribution in [-0.4, -0.2) is 19.3 Å². The van der Waals surface area contributed by atoms with Crippen LogP contribution >= 0.6 is 0 Å². The first-order chi connectivity index (χ1) is 7.33. The van der Waals surface area contributed by atoms with Gasteiger partial charge in [0.15, 0.2) is 0 Å². The Balaban J connectivity index is 2.96. The fraction of sp³-hybridized carbons (Fsp3) is 0.364. The van der Waals surface area contributed by atoms with E-state index in [1.807, 2.05) is 0 Å². The number of alkyl halides is 3. The highest BCUT2D eigenvalue weighted by atomic mass is 19.4. The number of carbonyl (C=O) groups excluding carboxylic acids is 1. The molecule has 0 aliphatic carbocycles. The maximum atomic E-state index is 12.2. The number of hydrogen-bond acceptors (Lipinski definition) is 2. The van der Waals surface area contributed by atoms with Gasteiger partial charge in [0.1, 0.15) is 0 Å². The van der Waals surface area contributed by atoms with E-state index in [2.05, 4.69) is 4.74 Å². The topological polar surface area (TPSA) is 26.3 Å². The molecule has 1 rings (SSSR count). The van der Waals surface area contributed by atoms with E-state index in [0.29, 0.717) is 5.56 Å². The Morgan fingerprint density at radius 3 is 2.44 bits per heavy atom. The number of halogens is 3. The zero-order valence-electron chi connectivity index (χ0n) is 8.89. The molecule has 0 amide bonds. The van der Waals surface area contributed by atoms with Crippen LogP contribution in [0.5, 0.6) is 0 Å². The van der Waals surface area contributed by atoms with Gasteiger partial charge < -0.3 is 4.74 Å². The standard InChI is InChI=1S/C11H11F3O2/c1-7-5-8(10(15)16-2)3-4-9(7)6-11(12,13)14/h3-5H,6H2,1-2H3. The molecule has 5 heteroatoms. The lowest BCUT2D eigenvalue weighted by atomic mass is 10.0. The second kappa shape index (κ2) is 4.55. The Kier molecular flexibility index (Phi) is 3.57. The molecule has 0 unspecified atom stereocenters. The number of rotatable bonds is 2. The summed E-state index contributed by atoms with van der Waals surface area (Å²) >= 11 is 0. The fourth-order valence-electron chi connectivity index (χ4n) is 1.35. The molecule has 0 N–H and O–H groups in total. The van der Waals surface area contributed by atoms with Gasteiger partial charge >= 0.3 is 12.1 Å². The summed E-state index contributed by atoms with van der Waals surface area (Å²) in [6.07, 6.45) is -5.22. The van der Waals surface area contributed by atoms with Crippen LogP contribution in [0.15, 0.2) is 18.2 Å². The minimum atomic E-state index is -4.24. The van der Waals surface area contributed by atoms with E-state index < -0.39 is 18.6 Å². The van der Waals surface area contributed by atoms with E-state index in [0.717, 1.165) is 0 Å². The molecule has 1 aromatic carbocycles. The van der Waals surface area contributed by atoms with Crippen molar-refractivity contribution in [2.75, 3.05) is 7.11 Å². The van der Waals surface area contributed by atoms with Crippen molar-refractivity contribution in [2.24, 2.45) is 0 Å². The highest BCUT2D eigenvalue weighted by Crippen LogP contribution is 2.23. The van der Waals surface area contributed by atoms with Crippen molar-refractivity contribution in [1.82, 2.24) is 0 Å². The minimum absolute atomic E-state index is 0.167. The van der Waals surface area contributed by atoms with Crippen LogP contribution in [-0.2, 0) is 11.2 Å².